The van der Waals surface area contributed by atoms with Gasteiger partial charge in [0.15, 0.2) is 0 Å². The van der Waals surface area contributed by atoms with Gasteiger partial charge in [0, 0.05) is 13.0 Å². The summed E-state index contributed by atoms with van der Waals surface area (Å²) in [6.45, 7) is 2.59. The highest BCUT2D eigenvalue weighted by Crippen LogP contribution is 2.09. The number of hydrogen-bond donors (Lipinski definition) is 2. The lowest BCUT2D eigenvalue weighted by Gasteiger charge is -2.04. The Morgan fingerprint density at radius 2 is 2.00 bits per heavy atom. The van der Waals surface area contributed by atoms with E-state index in [4.69, 9.17) is 5.11 Å². The molecule has 0 fully saturated rings. The van der Waals surface area contributed by atoms with Gasteiger partial charge in [-0.05, 0) is 24.1 Å². The van der Waals surface area contributed by atoms with Crippen LogP contribution in [0.25, 0.3) is 0 Å². The third kappa shape index (κ3) is 4.49. The number of unbranched alkanes of at least 4 members (excludes halogenated alkanes) is 1. The molecule has 3 nitrogen and oxygen atoms in total. The Balaban J connectivity index is 2.30. The molecule has 0 aliphatic rings. The molecule has 0 spiro atoms. The van der Waals surface area contributed by atoms with Gasteiger partial charge >= 0.3 is 0 Å². The summed E-state index contributed by atoms with van der Waals surface area (Å²) in [7, 11) is 0. The number of rotatable bonds is 5. The van der Waals surface area contributed by atoms with E-state index in [9.17, 15) is 4.79 Å². The molecular formula is C12H17NO2. The molecule has 0 unspecified atom stereocenters. The van der Waals surface area contributed by atoms with Gasteiger partial charge in [0.2, 0.25) is 5.91 Å². The molecule has 82 valence electrons. The third-order valence-electron chi connectivity index (χ3n) is 2.18. The van der Waals surface area contributed by atoms with Gasteiger partial charge < -0.3 is 10.4 Å². The van der Waals surface area contributed by atoms with Crippen LogP contribution in [0.2, 0.25) is 0 Å². The van der Waals surface area contributed by atoms with Crippen molar-refractivity contribution in [3.05, 3.63) is 29.8 Å². The van der Waals surface area contributed by atoms with Gasteiger partial charge in [0.05, 0.1) is 0 Å². The van der Waals surface area contributed by atoms with Crippen LogP contribution >= 0.6 is 0 Å². The number of phenolic OH excluding ortho intramolecular Hbond substituents is 1. The molecule has 0 aromatic heterocycles. The third-order valence-corrected chi connectivity index (χ3v) is 2.18. The van der Waals surface area contributed by atoms with E-state index in [0.717, 1.165) is 18.4 Å². The summed E-state index contributed by atoms with van der Waals surface area (Å²) in [5.74, 6) is 0.334. The Bertz CT molecular complexity index is 306. The van der Waals surface area contributed by atoms with Crippen molar-refractivity contribution >= 4 is 5.91 Å². The first-order valence-electron chi connectivity index (χ1n) is 5.27. The minimum Gasteiger partial charge on any atom is -0.508 e. The minimum absolute atomic E-state index is 0.0879. The van der Waals surface area contributed by atoms with E-state index < -0.39 is 0 Å². The van der Waals surface area contributed by atoms with E-state index >= 15 is 0 Å². The van der Waals surface area contributed by atoms with Gasteiger partial charge in [-0.25, -0.2) is 0 Å². The molecule has 0 aliphatic heterocycles. The Morgan fingerprint density at radius 3 is 2.60 bits per heavy atom. The van der Waals surface area contributed by atoms with Crippen molar-refractivity contribution < 1.29 is 9.90 Å². The van der Waals surface area contributed by atoms with Crippen molar-refractivity contribution in [3.8, 4) is 5.75 Å². The molecule has 0 bridgehead atoms. The zero-order chi connectivity index (χ0) is 11.1. The predicted octanol–water partition coefficient (Wildman–Crippen LogP) is 2.20. The summed E-state index contributed by atoms with van der Waals surface area (Å²) in [5, 5.41) is 11.9. The minimum atomic E-state index is 0.0879. The second-order valence-corrected chi connectivity index (χ2v) is 3.55. The Morgan fingerprint density at radius 1 is 1.33 bits per heavy atom. The highest BCUT2D eigenvalue weighted by Gasteiger charge is 1.99. The van der Waals surface area contributed by atoms with Crippen LogP contribution in [-0.2, 0) is 11.3 Å². The average Bonchev–Trinajstić information content (AvgIpc) is 2.25. The van der Waals surface area contributed by atoms with Gasteiger partial charge in [-0.15, -0.1) is 0 Å². The maximum atomic E-state index is 11.3. The number of carbonyl (C=O) groups is 1. The number of aromatic hydroxyl groups is 1. The monoisotopic (exact) mass is 207 g/mol. The van der Waals surface area contributed by atoms with Crippen LogP contribution in [-0.4, -0.2) is 11.0 Å². The first kappa shape index (κ1) is 11.6. The fourth-order valence-electron chi connectivity index (χ4n) is 1.24. The molecule has 1 amide bonds. The first-order chi connectivity index (χ1) is 7.22. The fraction of sp³-hybridized carbons (Fsp3) is 0.417. The van der Waals surface area contributed by atoms with Crippen LogP contribution in [0.5, 0.6) is 5.75 Å². The first-order valence-corrected chi connectivity index (χ1v) is 5.27. The molecule has 1 aromatic rings. The zero-order valence-corrected chi connectivity index (χ0v) is 8.99. The normalized spacial score (nSPS) is 9.93. The number of phenols is 1. The second kappa shape index (κ2) is 6.06. The largest absolute Gasteiger partial charge is 0.508 e. The quantitative estimate of drug-likeness (QED) is 0.777. The summed E-state index contributed by atoms with van der Waals surface area (Å²) in [5.41, 5.74) is 0.998. The Hall–Kier alpha value is -1.51. The second-order valence-electron chi connectivity index (χ2n) is 3.55. The summed E-state index contributed by atoms with van der Waals surface area (Å²) in [6, 6.07) is 6.84. The van der Waals surface area contributed by atoms with Crippen molar-refractivity contribution in [2.24, 2.45) is 0 Å². The standard InChI is InChI=1S/C12H17NO2/c1-2-3-4-12(15)13-9-10-5-7-11(14)8-6-10/h5-8,14H,2-4,9H2,1H3,(H,13,15). The van der Waals surface area contributed by atoms with Crippen molar-refractivity contribution in [2.75, 3.05) is 0 Å². The molecule has 0 atom stereocenters. The van der Waals surface area contributed by atoms with Crippen LogP contribution in [0.15, 0.2) is 24.3 Å². The average molecular weight is 207 g/mol. The number of amides is 1. The SMILES string of the molecule is CCCCC(=O)NCc1ccc(O)cc1. The van der Waals surface area contributed by atoms with Crippen molar-refractivity contribution in [1.29, 1.82) is 0 Å². The lowest BCUT2D eigenvalue weighted by molar-refractivity contribution is -0.121. The molecule has 0 saturated heterocycles. The molecule has 0 saturated carbocycles. The molecule has 0 radical (unpaired) electrons. The van der Waals surface area contributed by atoms with Crippen LogP contribution in [0.1, 0.15) is 31.7 Å². The van der Waals surface area contributed by atoms with E-state index in [1.807, 2.05) is 0 Å². The van der Waals surface area contributed by atoms with E-state index in [2.05, 4.69) is 12.2 Å². The summed E-state index contributed by atoms with van der Waals surface area (Å²) in [4.78, 5) is 11.3. The lowest BCUT2D eigenvalue weighted by atomic mass is 10.2. The van der Waals surface area contributed by atoms with Gasteiger partial charge in [0.1, 0.15) is 5.75 Å². The maximum absolute atomic E-state index is 11.3. The molecule has 2 N–H and O–H groups in total. The Labute approximate surface area is 90.1 Å². The molecule has 1 rings (SSSR count). The van der Waals surface area contributed by atoms with Crippen molar-refractivity contribution in [2.45, 2.75) is 32.7 Å². The lowest BCUT2D eigenvalue weighted by Crippen LogP contribution is -2.22. The van der Waals surface area contributed by atoms with Crippen LogP contribution in [0.4, 0.5) is 0 Å². The van der Waals surface area contributed by atoms with Gasteiger partial charge in [-0.1, -0.05) is 25.5 Å². The topological polar surface area (TPSA) is 49.3 Å². The summed E-state index contributed by atoms with van der Waals surface area (Å²) >= 11 is 0. The zero-order valence-electron chi connectivity index (χ0n) is 8.99. The van der Waals surface area contributed by atoms with Crippen molar-refractivity contribution in [1.82, 2.24) is 5.32 Å². The molecule has 3 heteroatoms. The molecular weight excluding hydrogens is 190 g/mol. The molecule has 1 aromatic carbocycles. The van der Waals surface area contributed by atoms with Crippen LogP contribution in [0, 0.1) is 0 Å². The van der Waals surface area contributed by atoms with E-state index in [1.54, 1.807) is 24.3 Å². The van der Waals surface area contributed by atoms with Crippen LogP contribution < -0.4 is 5.32 Å². The Kier molecular flexibility index (Phi) is 4.68. The summed E-state index contributed by atoms with van der Waals surface area (Å²) < 4.78 is 0. The van der Waals surface area contributed by atoms with E-state index in [-0.39, 0.29) is 11.7 Å². The van der Waals surface area contributed by atoms with Gasteiger partial charge in [0.25, 0.3) is 0 Å². The van der Waals surface area contributed by atoms with Crippen LogP contribution in [0.3, 0.4) is 0 Å². The molecule has 15 heavy (non-hydrogen) atoms. The summed E-state index contributed by atoms with van der Waals surface area (Å²) in [6.07, 6.45) is 2.56. The number of nitrogens with one attached hydrogen (secondary N) is 1. The van der Waals surface area contributed by atoms with Gasteiger partial charge in [-0.2, -0.15) is 0 Å². The maximum Gasteiger partial charge on any atom is 0.220 e. The van der Waals surface area contributed by atoms with Gasteiger partial charge in [-0.3, -0.25) is 4.79 Å². The fourth-order valence-corrected chi connectivity index (χ4v) is 1.24. The number of carbonyl (C=O) groups excluding carboxylic acids is 1. The highest BCUT2D eigenvalue weighted by molar-refractivity contribution is 5.75. The number of hydrogen-bond acceptors (Lipinski definition) is 2. The molecule has 0 heterocycles. The van der Waals surface area contributed by atoms with E-state index in [0.29, 0.717) is 13.0 Å². The number of benzene rings is 1. The smallest absolute Gasteiger partial charge is 0.220 e. The predicted molar refractivity (Wildman–Crippen MR) is 59.5 cm³/mol. The van der Waals surface area contributed by atoms with Crippen molar-refractivity contribution in [3.63, 3.8) is 0 Å². The molecule has 0 aliphatic carbocycles. The van der Waals surface area contributed by atoms with E-state index in [1.165, 1.54) is 0 Å². The highest BCUT2D eigenvalue weighted by atomic mass is 16.3.